The highest BCUT2D eigenvalue weighted by molar-refractivity contribution is 6.01. The van der Waals surface area contributed by atoms with Gasteiger partial charge in [0.15, 0.2) is 0 Å². The number of imidazole rings is 1. The van der Waals surface area contributed by atoms with Crippen LogP contribution in [0.1, 0.15) is 30.3 Å². The first-order valence-corrected chi connectivity index (χ1v) is 9.24. The van der Waals surface area contributed by atoms with E-state index >= 15 is 0 Å². The molecule has 1 unspecified atom stereocenters. The highest BCUT2D eigenvalue weighted by atomic mass is 16.3. The lowest BCUT2D eigenvalue weighted by molar-refractivity contribution is -0.126. The van der Waals surface area contributed by atoms with Gasteiger partial charge in [-0.05, 0) is 24.5 Å². The summed E-state index contributed by atoms with van der Waals surface area (Å²) in [7, 11) is 0. The van der Waals surface area contributed by atoms with Crippen LogP contribution in [-0.4, -0.2) is 46.5 Å². The number of para-hydroxylation sites is 1. The number of H-pyrrole nitrogens is 1. The standard InChI is InChI=1S/C19H24N4O2.CH2O2/c1-3-14-6-4-5-13(2)18(14)23-12-15(11-17(23)24)19(25)22-8-7-16-20-9-10-21-16;2-1-3/h4-6,9-10,15H,3,7-8,11-12H2,1-2H3,(H,20,21)(H,22,25);1H,(H,2,3). The second kappa shape index (κ2) is 10.2. The molecule has 1 fully saturated rings. The lowest BCUT2D eigenvalue weighted by Gasteiger charge is -2.22. The molecule has 2 aromatic rings. The van der Waals surface area contributed by atoms with Gasteiger partial charge in [0.25, 0.3) is 6.47 Å². The average molecular weight is 386 g/mol. The average Bonchev–Trinajstić information content (AvgIpc) is 3.32. The predicted molar refractivity (Wildman–Crippen MR) is 105 cm³/mol. The largest absolute Gasteiger partial charge is 0.483 e. The van der Waals surface area contributed by atoms with Gasteiger partial charge in [-0.3, -0.25) is 14.4 Å². The summed E-state index contributed by atoms with van der Waals surface area (Å²) in [5.41, 5.74) is 3.19. The molecule has 1 saturated heterocycles. The van der Waals surface area contributed by atoms with E-state index in [9.17, 15) is 9.59 Å². The fourth-order valence-corrected chi connectivity index (χ4v) is 3.37. The van der Waals surface area contributed by atoms with Crippen molar-refractivity contribution in [3.8, 4) is 0 Å². The van der Waals surface area contributed by atoms with Crippen LogP contribution < -0.4 is 10.2 Å². The molecule has 28 heavy (non-hydrogen) atoms. The molecule has 8 nitrogen and oxygen atoms in total. The molecule has 1 atom stereocenters. The topological polar surface area (TPSA) is 115 Å². The normalized spacial score (nSPS) is 15.7. The van der Waals surface area contributed by atoms with Gasteiger partial charge in [-0.15, -0.1) is 0 Å². The van der Waals surface area contributed by atoms with Gasteiger partial charge in [-0.1, -0.05) is 25.1 Å². The highest BCUT2D eigenvalue weighted by Gasteiger charge is 2.36. The van der Waals surface area contributed by atoms with Crippen LogP contribution in [0.15, 0.2) is 30.6 Å². The van der Waals surface area contributed by atoms with E-state index in [0.717, 1.165) is 29.1 Å². The minimum atomic E-state index is -0.298. The molecule has 150 valence electrons. The molecule has 0 spiro atoms. The van der Waals surface area contributed by atoms with E-state index in [1.54, 1.807) is 17.3 Å². The summed E-state index contributed by atoms with van der Waals surface area (Å²) in [6.45, 7) is 4.81. The first kappa shape index (κ1) is 21.1. The van der Waals surface area contributed by atoms with Crippen molar-refractivity contribution in [1.82, 2.24) is 15.3 Å². The minimum absolute atomic E-state index is 0.0233. The maximum absolute atomic E-state index is 12.5. The Morgan fingerprint density at radius 1 is 1.46 bits per heavy atom. The van der Waals surface area contributed by atoms with Crippen molar-refractivity contribution in [2.45, 2.75) is 33.1 Å². The number of carbonyl (C=O) groups is 3. The Bertz CT molecular complexity index is 805. The quantitative estimate of drug-likeness (QED) is 0.654. The van der Waals surface area contributed by atoms with E-state index in [1.165, 1.54) is 0 Å². The molecular weight excluding hydrogens is 360 g/mol. The smallest absolute Gasteiger partial charge is 0.290 e. The van der Waals surface area contributed by atoms with Crippen LogP contribution in [0.5, 0.6) is 0 Å². The lowest BCUT2D eigenvalue weighted by Crippen LogP contribution is -2.34. The Labute approximate surface area is 164 Å². The molecule has 2 amide bonds. The molecule has 0 saturated carbocycles. The molecular formula is C20H26N4O4. The number of carboxylic acid groups (broad SMARTS) is 1. The lowest BCUT2D eigenvalue weighted by atomic mass is 10.0. The van der Waals surface area contributed by atoms with E-state index < -0.39 is 0 Å². The number of hydrogen-bond donors (Lipinski definition) is 3. The summed E-state index contributed by atoms with van der Waals surface area (Å²) in [6.07, 6.45) is 5.24. The van der Waals surface area contributed by atoms with E-state index in [2.05, 4.69) is 22.2 Å². The second-order valence-electron chi connectivity index (χ2n) is 6.52. The van der Waals surface area contributed by atoms with Gasteiger partial charge in [0, 0.05) is 44.0 Å². The molecule has 3 N–H and O–H groups in total. The van der Waals surface area contributed by atoms with Crippen molar-refractivity contribution in [1.29, 1.82) is 0 Å². The van der Waals surface area contributed by atoms with Crippen LogP contribution in [0.4, 0.5) is 5.69 Å². The van der Waals surface area contributed by atoms with Crippen molar-refractivity contribution in [3.63, 3.8) is 0 Å². The molecule has 1 aromatic heterocycles. The fraction of sp³-hybridized carbons (Fsp3) is 0.400. The molecule has 0 bridgehead atoms. The number of rotatable bonds is 6. The number of carbonyl (C=O) groups excluding carboxylic acids is 2. The molecule has 1 aromatic carbocycles. The second-order valence-corrected chi connectivity index (χ2v) is 6.52. The van der Waals surface area contributed by atoms with Crippen LogP contribution in [0, 0.1) is 12.8 Å². The first-order chi connectivity index (χ1) is 13.5. The maximum Gasteiger partial charge on any atom is 0.290 e. The Kier molecular flexibility index (Phi) is 7.74. The van der Waals surface area contributed by atoms with Crippen LogP contribution in [0.2, 0.25) is 0 Å². The van der Waals surface area contributed by atoms with Crippen LogP contribution in [0.25, 0.3) is 0 Å². The number of nitrogens with zero attached hydrogens (tertiary/aromatic N) is 2. The van der Waals surface area contributed by atoms with E-state index in [-0.39, 0.29) is 30.6 Å². The number of anilines is 1. The summed E-state index contributed by atoms with van der Waals surface area (Å²) >= 11 is 0. The summed E-state index contributed by atoms with van der Waals surface area (Å²) in [4.78, 5) is 42.2. The zero-order chi connectivity index (χ0) is 20.5. The number of aryl methyl sites for hydroxylation is 2. The number of aromatic amines is 1. The summed E-state index contributed by atoms with van der Waals surface area (Å²) in [6, 6.07) is 6.07. The molecule has 0 aliphatic carbocycles. The zero-order valence-corrected chi connectivity index (χ0v) is 16.1. The van der Waals surface area contributed by atoms with Crippen LogP contribution in [0.3, 0.4) is 0 Å². The molecule has 3 rings (SSSR count). The number of nitrogens with one attached hydrogen (secondary N) is 2. The molecule has 8 heteroatoms. The van der Waals surface area contributed by atoms with Gasteiger partial charge < -0.3 is 20.3 Å². The van der Waals surface area contributed by atoms with Crippen LogP contribution in [-0.2, 0) is 27.2 Å². The number of benzene rings is 1. The minimum Gasteiger partial charge on any atom is -0.483 e. The zero-order valence-electron chi connectivity index (χ0n) is 16.1. The van der Waals surface area contributed by atoms with Gasteiger partial charge in [0.05, 0.1) is 5.92 Å². The van der Waals surface area contributed by atoms with E-state index in [1.807, 2.05) is 25.1 Å². The fourth-order valence-electron chi connectivity index (χ4n) is 3.37. The summed E-state index contributed by atoms with van der Waals surface area (Å²) in [5.74, 6) is 0.509. The molecule has 1 aliphatic rings. The van der Waals surface area contributed by atoms with Crippen molar-refractivity contribution >= 4 is 24.0 Å². The van der Waals surface area contributed by atoms with E-state index in [0.29, 0.717) is 19.5 Å². The third-order valence-electron chi connectivity index (χ3n) is 4.68. The van der Waals surface area contributed by atoms with Crippen molar-refractivity contribution in [2.75, 3.05) is 18.0 Å². The summed E-state index contributed by atoms with van der Waals surface area (Å²) < 4.78 is 0. The predicted octanol–water partition coefficient (Wildman–Crippen LogP) is 1.69. The Balaban J connectivity index is 0.000000878. The third-order valence-corrected chi connectivity index (χ3v) is 4.68. The van der Waals surface area contributed by atoms with Gasteiger partial charge in [-0.25, -0.2) is 4.98 Å². The van der Waals surface area contributed by atoms with Gasteiger partial charge in [0.2, 0.25) is 11.8 Å². The number of amides is 2. The van der Waals surface area contributed by atoms with Crippen LogP contribution >= 0.6 is 0 Å². The Morgan fingerprint density at radius 2 is 2.21 bits per heavy atom. The number of aromatic nitrogens is 2. The molecule has 1 aliphatic heterocycles. The summed E-state index contributed by atoms with van der Waals surface area (Å²) in [5, 5.41) is 9.81. The SMILES string of the molecule is CCc1cccc(C)c1N1CC(C(=O)NCCc2ncc[nH]2)CC1=O.O=CO. The number of hydrogen-bond acceptors (Lipinski definition) is 4. The first-order valence-electron chi connectivity index (χ1n) is 9.24. The van der Waals surface area contributed by atoms with Crippen molar-refractivity contribution < 1.29 is 19.5 Å². The monoisotopic (exact) mass is 386 g/mol. The van der Waals surface area contributed by atoms with Crippen molar-refractivity contribution in [3.05, 3.63) is 47.5 Å². The van der Waals surface area contributed by atoms with Gasteiger partial charge >= 0.3 is 0 Å². The third kappa shape index (κ3) is 5.18. The van der Waals surface area contributed by atoms with Crippen molar-refractivity contribution in [2.24, 2.45) is 5.92 Å². The maximum atomic E-state index is 12.5. The molecule has 0 radical (unpaired) electrons. The van der Waals surface area contributed by atoms with Gasteiger partial charge in [-0.2, -0.15) is 0 Å². The Hall–Kier alpha value is -3.16. The highest BCUT2D eigenvalue weighted by Crippen LogP contribution is 2.31. The molecule has 2 heterocycles. The van der Waals surface area contributed by atoms with Gasteiger partial charge in [0.1, 0.15) is 5.82 Å². The Morgan fingerprint density at radius 3 is 2.86 bits per heavy atom. The van der Waals surface area contributed by atoms with E-state index in [4.69, 9.17) is 9.90 Å².